The van der Waals surface area contributed by atoms with Crippen molar-refractivity contribution in [3.8, 4) is 5.88 Å². The third-order valence-corrected chi connectivity index (χ3v) is 3.01. The Bertz CT molecular complexity index is 657. The van der Waals surface area contributed by atoms with Crippen molar-refractivity contribution in [1.82, 2.24) is 9.78 Å². The molecule has 0 saturated heterocycles. The average Bonchev–Trinajstić information content (AvgIpc) is 2.70. The lowest BCUT2D eigenvalue weighted by atomic mass is 10.0. The Balaban J connectivity index is 2.59. The Morgan fingerprint density at radius 2 is 2.00 bits per heavy atom. The van der Waals surface area contributed by atoms with Gasteiger partial charge in [0.15, 0.2) is 0 Å². The molecule has 0 aliphatic rings. The van der Waals surface area contributed by atoms with Crippen molar-refractivity contribution >= 4 is 17.6 Å². The number of hydrogen-bond acceptors (Lipinski definition) is 3. The maximum atomic E-state index is 11.5. The number of carboxylic acid groups (broad SMARTS) is 1. The molecule has 0 aliphatic heterocycles. The summed E-state index contributed by atoms with van der Waals surface area (Å²) in [7, 11) is 3.29. The molecule has 2 rings (SSSR count). The van der Waals surface area contributed by atoms with Crippen LogP contribution in [-0.2, 0) is 11.8 Å². The Morgan fingerprint density at radius 3 is 2.55 bits per heavy atom. The minimum atomic E-state index is -0.985. The number of aromatic nitrogens is 2. The largest absolute Gasteiger partial charge is 0.481 e. The SMILES string of the molecule is COc1c(/C=C(/C(=O)O)c2ccccc2)c(C)nn1C. The van der Waals surface area contributed by atoms with Crippen LogP contribution in [0.4, 0.5) is 0 Å². The highest BCUT2D eigenvalue weighted by atomic mass is 16.5. The van der Waals surface area contributed by atoms with Crippen LogP contribution < -0.4 is 4.74 Å². The number of ether oxygens (including phenoxy) is 1. The Kier molecular flexibility index (Phi) is 3.89. The monoisotopic (exact) mass is 272 g/mol. The molecule has 0 bridgehead atoms. The summed E-state index contributed by atoms with van der Waals surface area (Å²) >= 11 is 0. The lowest BCUT2D eigenvalue weighted by molar-refractivity contribution is -0.130. The van der Waals surface area contributed by atoms with Gasteiger partial charge in [-0.3, -0.25) is 0 Å². The van der Waals surface area contributed by atoms with Gasteiger partial charge in [-0.15, -0.1) is 0 Å². The highest BCUT2D eigenvalue weighted by Gasteiger charge is 2.16. The van der Waals surface area contributed by atoms with Crippen LogP contribution in [0.2, 0.25) is 0 Å². The van der Waals surface area contributed by atoms with Gasteiger partial charge in [0.25, 0.3) is 0 Å². The van der Waals surface area contributed by atoms with E-state index in [-0.39, 0.29) is 5.57 Å². The molecule has 2 aromatic rings. The fourth-order valence-electron chi connectivity index (χ4n) is 2.09. The number of rotatable bonds is 4. The molecule has 0 fully saturated rings. The van der Waals surface area contributed by atoms with Crippen LogP contribution >= 0.6 is 0 Å². The van der Waals surface area contributed by atoms with E-state index in [1.54, 1.807) is 42.1 Å². The van der Waals surface area contributed by atoms with Gasteiger partial charge < -0.3 is 9.84 Å². The summed E-state index contributed by atoms with van der Waals surface area (Å²) < 4.78 is 6.87. The van der Waals surface area contributed by atoms with Gasteiger partial charge in [-0.1, -0.05) is 30.3 Å². The first-order valence-corrected chi connectivity index (χ1v) is 6.12. The smallest absolute Gasteiger partial charge is 0.336 e. The predicted octanol–water partition coefficient (Wildman–Crippen LogP) is 2.36. The first kappa shape index (κ1) is 13.9. The van der Waals surface area contributed by atoms with Crippen molar-refractivity contribution in [2.75, 3.05) is 7.11 Å². The van der Waals surface area contributed by atoms with E-state index in [0.29, 0.717) is 17.0 Å². The van der Waals surface area contributed by atoms with Gasteiger partial charge in [0.2, 0.25) is 5.88 Å². The lowest BCUT2D eigenvalue weighted by Gasteiger charge is -2.04. The average molecular weight is 272 g/mol. The van der Waals surface area contributed by atoms with Crippen LogP contribution in [0.5, 0.6) is 5.88 Å². The van der Waals surface area contributed by atoms with E-state index in [2.05, 4.69) is 5.10 Å². The van der Waals surface area contributed by atoms with Crippen LogP contribution in [0.3, 0.4) is 0 Å². The molecule has 0 radical (unpaired) electrons. The molecule has 0 amide bonds. The van der Waals surface area contributed by atoms with Crippen molar-refractivity contribution in [3.63, 3.8) is 0 Å². The maximum absolute atomic E-state index is 11.5. The van der Waals surface area contributed by atoms with Gasteiger partial charge in [0.05, 0.1) is 23.9 Å². The third-order valence-electron chi connectivity index (χ3n) is 3.01. The molecule has 1 heterocycles. The van der Waals surface area contributed by atoms with Gasteiger partial charge in [0.1, 0.15) is 0 Å². The Labute approximate surface area is 117 Å². The molecule has 1 aromatic heterocycles. The maximum Gasteiger partial charge on any atom is 0.336 e. The Morgan fingerprint density at radius 1 is 1.35 bits per heavy atom. The van der Waals surface area contributed by atoms with Crippen LogP contribution in [0, 0.1) is 6.92 Å². The fourth-order valence-corrected chi connectivity index (χ4v) is 2.09. The van der Waals surface area contributed by atoms with Gasteiger partial charge >= 0.3 is 5.97 Å². The van der Waals surface area contributed by atoms with E-state index < -0.39 is 5.97 Å². The number of nitrogens with zero attached hydrogens (tertiary/aromatic N) is 2. The van der Waals surface area contributed by atoms with Crippen molar-refractivity contribution in [1.29, 1.82) is 0 Å². The zero-order valence-electron chi connectivity index (χ0n) is 11.6. The standard InChI is InChI=1S/C15H16N2O3/c1-10-12(14(20-3)17(2)16-10)9-13(15(18)19)11-7-5-4-6-8-11/h4-9H,1-3H3,(H,18,19)/b13-9+. The number of methoxy groups -OCH3 is 1. The first-order valence-electron chi connectivity index (χ1n) is 6.12. The molecule has 0 saturated carbocycles. The van der Waals surface area contributed by atoms with Gasteiger partial charge in [-0.05, 0) is 18.6 Å². The number of aliphatic carboxylic acids is 1. The van der Waals surface area contributed by atoms with Crippen LogP contribution in [0.15, 0.2) is 30.3 Å². The van der Waals surface area contributed by atoms with Gasteiger partial charge in [-0.2, -0.15) is 5.10 Å². The van der Waals surface area contributed by atoms with E-state index in [9.17, 15) is 9.90 Å². The Hall–Kier alpha value is -2.56. The molecule has 1 N–H and O–H groups in total. The third kappa shape index (κ3) is 2.56. The molecule has 5 nitrogen and oxygen atoms in total. The van der Waals surface area contributed by atoms with Crippen molar-refractivity contribution in [3.05, 3.63) is 47.2 Å². The molecule has 104 valence electrons. The summed E-state index contributed by atoms with van der Waals surface area (Å²) in [6, 6.07) is 8.98. The minimum absolute atomic E-state index is 0.208. The zero-order chi connectivity index (χ0) is 14.7. The van der Waals surface area contributed by atoms with Crippen molar-refractivity contribution in [2.24, 2.45) is 7.05 Å². The fraction of sp³-hybridized carbons (Fsp3) is 0.200. The molecule has 0 atom stereocenters. The molecule has 0 unspecified atom stereocenters. The van der Waals surface area contributed by atoms with Gasteiger partial charge in [-0.25, -0.2) is 9.48 Å². The summed E-state index contributed by atoms with van der Waals surface area (Å²) in [5, 5.41) is 13.7. The molecule has 20 heavy (non-hydrogen) atoms. The topological polar surface area (TPSA) is 64.3 Å². The summed E-state index contributed by atoms with van der Waals surface area (Å²) in [4.78, 5) is 11.5. The molecule has 0 spiro atoms. The molecule has 1 aromatic carbocycles. The summed E-state index contributed by atoms with van der Waals surface area (Å²) in [6.45, 7) is 1.82. The normalized spacial score (nSPS) is 11.4. The van der Waals surface area contributed by atoms with Crippen LogP contribution in [-0.4, -0.2) is 28.0 Å². The lowest BCUT2D eigenvalue weighted by Crippen LogP contribution is -2.00. The van der Waals surface area contributed by atoms with Gasteiger partial charge in [0, 0.05) is 7.05 Å². The van der Waals surface area contributed by atoms with E-state index in [1.165, 1.54) is 7.11 Å². The molecule has 5 heteroatoms. The number of hydrogen-bond donors (Lipinski definition) is 1. The number of carbonyl (C=O) groups is 1. The summed E-state index contributed by atoms with van der Waals surface area (Å²) in [5.41, 5.74) is 2.25. The predicted molar refractivity (Wildman–Crippen MR) is 76.4 cm³/mol. The van der Waals surface area contributed by atoms with Crippen LogP contribution in [0.25, 0.3) is 11.6 Å². The highest BCUT2D eigenvalue weighted by molar-refractivity contribution is 6.20. The molecule has 0 aliphatic carbocycles. The second-order valence-corrected chi connectivity index (χ2v) is 4.36. The number of aryl methyl sites for hydroxylation is 2. The van der Waals surface area contributed by atoms with E-state index >= 15 is 0 Å². The first-order chi connectivity index (χ1) is 9.54. The second kappa shape index (κ2) is 5.61. The summed E-state index contributed by atoms with van der Waals surface area (Å²) in [6.07, 6.45) is 1.60. The quantitative estimate of drug-likeness (QED) is 0.868. The van der Waals surface area contributed by atoms with E-state index in [4.69, 9.17) is 4.74 Å². The second-order valence-electron chi connectivity index (χ2n) is 4.36. The highest BCUT2D eigenvalue weighted by Crippen LogP contribution is 2.27. The van der Waals surface area contributed by atoms with Crippen molar-refractivity contribution < 1.29 is 14.6 Å². The van der Waals surface area contributed by atoms with Crippen molar-refractivity contribution in [2.45, 2.75) is 6.92 Å². The molecular weight excluding hydrogens is 256 g/mol. The molecular formula is C15H16N2O3. The minimum Gasteiger partial charge on any atom is -0.481 e. The van der Waals surface area contributed by atoms with E-state index in [1.807, 2.05) is 13.0 Å². The summed E-state index contributed by atoms with van der Waals surface area (Å²) in [5.74, 6) is -0.446. The van der Waals surface area contributed by atoms with Crippen LogP contribution in [0.1, 0.15) is 16.8 Å². The zero-order valence-corrected chi connectivity index (χ0v) is 11.6. The van der Waals surface area contributed by atoms with E-state index in [0.717, 1.165) is 5.69 Å². The number of carboxylic acids is 1. The number of benzene rings is 1.